The van der Waals surface area contributed by atoms with Gasteiger partial charge in [-0.1, -0.05) is 57.8 Å². The van der Waals surface area contributed by atoms with Gasteiger partial charge in [-0.25, -0.2) is 0 Å². The van der Waals surface area contributed by atoms with E-state index in [1.165, 1.54) is 70.6 Å². The summed E-state index contributed by atoms with van der Waals surface area (Å²) in [5, 5.41) is 7.51. The monoisotopic (exact) mass is 378 g/mol. The molecule has 146 valence electrons. The Kier molecular flexibility index (Phi) is 9.61. The molecule has 1 aliphatic rings. The van der Waals surface area contributed by atoms with Crippen molar-refractivity contribution in [1.29, 1.82) is 0 Å². The number of rotatable bonds is 4. The number of methoxy groups -OCH3 is 2. The lowest BCUT2D eigenvalue weighted by atomic mass is 9.98. The highest BCUT2D eigenvalue weighted by Crippen LogP contribution is 2.29. The average molecular weight is 379 g/mol. The predicted octanol–water partition coefficient (Wildman–Crippen LogP) is 5.66. The third-order valence-electron chi connectivity index (χ3n) is 5.08. The van der Waals surface area contributed by atoms with Crippen LogP contribution in [0, 0.1) is 0 Å². The van der Waals surface area contributed by atoms with Crippen LogP contribution in [-0.2, 0) is 0 Å². The van der Waals surface area contributed by atoms with E-state index in [0.29, 0.717) is 16.9 Å². The molecule has 2 N–H and O–H groups in total. The average Bonchev–Trinajstić information content (AvgIpc) is 2.63. The van der Waals surface area contributed by atoms with Crippen LogP contribution in [0.3, 0.4) is 0 Å². The Morgan fingerprint density at radius 1 is 0.846 bits per heavy atom. The molecule has 1 saturated carbocycles. The maximum atomic E-state index is 5.55. The van der Waals surface area contributed by atoms with Crippen LogP contribution < -0.4 is 20.1 Å². The Hall–Kier alpha value is -1.49. The number of anilines is 1. The Bertz CT molecular complexity index is 539. The lowest BCUT2D eigenvalue weighted by Crippen LogP contribution is -2.37. The number of hydrogen-bond acceptors (Lipinski definition) is 3. The van der Waals surface area contributed by atoms with Crippen LogP contribution in [0.25, 0.3) is 0 Å². The number of benzene rings is 1. The second-order valence-electron chi connectivity index (χ2n) is 7.12. The molecule has 0 aromatic heterocycles. The molecule has 4 nitrogen and oxygen atoms in total. The molecule has 0 saturated heterocycles. The molecule has 1 aromatic rings. The molecular formula is C21H34N2O2S. The van der Waals surface area contributed by atoms with Gasteiger partial charge in [0.05, 0.1) is 14.2 Å². The third kappa shape index (κ3) is 7.40. The van der Waals surface area contributed by atoms with Crippen LogP contribution >= 0.6 is 12.2 Å². The van der Waals surface area contributed by atoms with Crippen LogP contribution in [0.5, 0.6) is 11.5 Å². The van der Waals surface area contributed by atoms with Crippen LogP contribution in [0.2, 0.25) is 0 Å². The second kappa shape index (κ2) is 12.0. The van der Waals surface area contributed by atoms with Gasteiger partial charge in [0.2, 0.25) is 0 Å². The standard InChI is InChI=1S/C21H34N2O2S/c1-24-19-15-14-18(16-20(19)25-2)23-21(26)22-17-12-10-8-6-4-3-5-7-9-11-13-17/h14-17H,3-13H2,1-2H3,(H2,22,23,26). The van der Waals surface area contributed by atoms with E-state index >= 15 is 0 Å². The molecule has 0 unspecified atom stereocenters. The molecule has 26 heavy (non-hydrogen) atoms. The van der Waals surface area contributed by atoms with Crippen LogP contribution in [-0.4, -0.2) is 25.4 Å². The lowest BCUT2D eigenvalue weighted by molar-refractivity contribution is 0.355. The van der Waals surface area contributed by atoms with E-state index in [4.69, 9.17) is 21.7 Å². The van der Waals surface area contributed by atoms with Crippen molar-refractivity contribution >= 4 is 23.0 Å². The molecule has 5 heteroatoms. The molecular weight excluding hydrogens is 344 g/mol. The van der Waals surface area contributed by atoms with Crippen LogP contribution in [0.4, 0.5) is 5.69 Å². The topological polar surface area (TPSA) is 42.5 Å². The number of hydrogen-bond donors (Lipinski definition) is 2. The van der Waals surface area contributed by atoms with Crippen molar-refractivity contribution in [2.45, 2.75) is 76.7 Å². The van der Waals surface area contributed by atoms with Crippen molar-refractivity contribution in [2.24, 2.45) is 0 Å². The van der Waals surface area contributed by atoms with Crippen molar-refractivity contribution in [3.63, 3.8) is 0 Å². The van der Waals surface area contributed by atoms with Crippen molar-refractivity contribution in [1.82, 2.24) is 5.32 Å². The van der Waals surface area contributed by atoms with Gasteiger partial charge in [-0.05, 0) is 37.2 Å². The molecule has 0 aliphatic heterocycles. The summed E-state index contributed by atoms with van der Waals surface area (Å²) < 4.78 is 10.6. The lowest BCUT2D eigenvalue weighted by Gasteiger charge is -2.22. The maximum Gasteiger partial charge on any atom is 0.170 e. The van der Waals surface area contributed by atoms with Gasteiger partial charge in [0.25, 0.3) is 0 Å². The highest BCUT2D eigenvalue weighted by atomic mass is 32.1. The summed E-state index contributed by atoms with van der Waals surface area (Å²) in [6.45, 7) is 0. The zero-order chi connectivity index (χ0) is 18.6. The molecule has 0 heterocycles. The van der Waals surface area contributed by atoms with Gasteiger partial charge in [-0.3, -0.25) is 0 Å². The first-order valence-corrected chi connectivity index (χ1v) is 10.4. The summed E-state index contributed by atoms with van der Waals surface area (Å²) in [6, 6.07) is 6.22. The van der Waals surface area contributed by atoms with E-state index in [9.17, 15) is 0 Å². The minimum absolute atomic E-state index is 0.467. The van der Waals surface area contributed by atoms with Gasteiger partial charge in [0.1, 0.15) is 0 Å². The van der Waals surface area contributed by atoms with Crippen LogP contribution in [0.15, 0.2) is 18.2 Å². The molecule has 2 rings (SSSR count). The summed E-state index contributed by atoms with van der Waals surface area (Å²) >= 11 is 5.55. The Morgan fingerprint density at radius 2 is 1.38 bits per heavy atom. The molecule has 1 aliphatic carbocycles. The fourth-order valence-electron chi connectivity index (χ4n) is 3.57. The molecule has 0 amide bonds. The van der Waals surface area contributed by atoms with Gasteiger partial charge in [0.15, 0.2) is 16.6 Å². The summed E-state index contributed by atoms with van der Waals surface area (Å²) in [6.07, 6.45) is 14.6. The molecule has 0 atom stereocenters. The fourth-order valence-corrected chi connectivity index (χ4v) is 3.86. The van der Waals surface area contributed by atoms with E-state index in [1.807, 2.05) is 18.2 Å². The molecule has 0 bridgehead atoms. The zero-order valence-corrected chi connectivity index (χ0v) is 17.1. The summed E-state index contributed by atoms with van der Waals surface area (Å²) in [4.78, 5) is 0. The molecule has 0 spiro atoms. The van der Waals surface area contributed by atoms with Gasteiger partial charge < -0.3 is 20.1 Å². The summed E-state index contributed by atoms with van der Waals surface area (Å²) in [5.41, 5.74) is 0.910. The SMILES string of the molecule is COc1ccc(NC(=S)NC2CCCCCCCCCCC2)cc1OC. The van der Waals surface area contributed by atoms with Gasteiger partial charge in [0, 0.05) is 17.8 Å². The van der Waals surface area contributed by atoms with Gasteiger partial charge in [-0.2, -0.15) is 0 Å². The number of thiocarbonyl (C=S) groups is 1. The Morgan fingerprint density at radius 3 is 1.92 bits per heavy atom. The van der Waals surface area contributed by atoms with Crippen molar-refractivity contribution < 1.29 is 9.47 Å². The minimum atomic E-state index is 0.467. The Balaban J connectivity index is 1.87. The first-order chi connectivity index (χ1) is 12.7. The van der Waals surface area contributed by atoms with E-state index in [-0.39, 0.29) is 0 Å². The third-order valence-corrected chi connectivity index (χ3v) is 5.30. The van der Waals surface area contributed by atoms with E-state index in [2.05, 4.69) is 10.6 Å². The van der Waals surface area contributed by atoms with Crippen LogP contribution in [0.1, 0.15) is 70.6 Å². The summed E-state index contributed by atoms with van der Waals surface area (Å²) in [5.74, 6) is 1.42. The smallest absolute Gasteiger partial charge is 0.170 e. The van der Waals surface area contributed by atoms with Gasteiger partial charge in [-0.15, -0.1) is 0 Å². The first kappa shape index (κ1) is 20.8. The summed E-state index contributed by atoms with van der Waals surface area (Å²) in [7, 11) is 3.28. The maximum absolute atomic E-state index is 5.55. The largest absolute Gasteiger partial charge is 0.493 e. The molecule has 1 fully saturated rings. The highest BCUT2D eigenvalue weighted by Gasteiger charge is 2.12. The second-order valence-corrected chi connectivity index (χ2v) is 7.53. The normalized spacial score (nSPS) is 17.5. The predicted molar refractivity (Wildman–Crippen MR) is 113 cm³/mol. The number of nitrogens with one attached hydrogen (secondary N) is 2. The van der Waals surface area contributed by atoms with Crippen molar-refractivity contribution in [3.8, 4) is 11.5 Å². The molecule has 0 radical (unpaired) electrons. The first-order valence-electron chi connectivity index (χ1n) is 10.0. The van der Waals surface area contributed by atoms with Crippen molar-refractivity contribution in [3.05, 3.63) is 18.2 Å². The van der Waals surface area contributed by atoms with Crippen molar-refractivity contribution in [2.75, 3.05) is 19.5 Å². The van der Waals surface area contributed by atoms with E-state index in [0.717, 1.165) is 11.4 Å². The Labute approximate surface area is 164 Å². The minimum Gasteiger partial charge on any atom is -0.493 e. The zero-order valence-electron chi connectivity index (χ0n) is 16.3. The number of ether oxygens (including phenoxy) is 2. The van der Waals surface area contributed by atoms with Gasteiger partial charge >= 0.3 is 0 Å². The highest BCUT2D eigenvalue weighted by molar-refractivity contribution is 7.80. The fraction of sp³-hybridized carbons (Fsp3) is 0.667. The quantitative estimate of drug-likeness (QED) is 0.661. The van der Waals surface area contributed by atoms with E-state index in [1.54, 1.807) is 14.2 Å². The van der Waals surface area contributed by atoms with E-state index < -0.39 is 0 Å². The molecule has 1 aromatic carbocycles.